The van der Waals surface area contributed by atoms with Crippen molar-refractivity contribution in [2.75, 3.05) is 39.3 Å². The zero-order chi connectivity index (χ0) is 16.6. The number of amides is 1. The highest BCUT2D eigenvalue weighted by Crippen LogP contribution is 2.15. The lowest BCUT2D eigenvalue weighted by Crippen LogP contribution is -2.49. The quantitative estimate of drug-likeness (QED) is 0.804. The summed E-state index contributed by atoms with van der Waals surface area (Å²) >= 11 is 0. The summed E-state index contributed by atoms with van der Waals surface area (Å²) < 4.78 is 5.88. The van der Waals surface area contributed by atoms with E-state index in [4.69, 9.17) is 4.74 Å². The van der Waals surface area contributed by atoms with Crippen LogP contribution < -0.4 is 0 Å². The molecule has 2 aliphatic rings. The van der Waals surface area contributed by atoms with Crippen LogP contribution in [0.25, 0.3) is 0 Å². The first kappa shape index (κ1) is 17.4. The monoisotopic (exact) mass is 330 g/mol. The summed E-state index contributed by atoms with van der Waals surface area (Å²) in [7, 11) is 0. The number of benzene rings is 1. The van der Waals surface area contributed by atoms with E-state index in [1.165, 1.54) is 24.8 Å². The number of aryl methyl sites for hydroxylation is 1. The lowest BCUT2D eigenvalue weighted by atomic mass is 10.0. The Kier molecular flexibility index (Phi) is 6.67. The van der Waals surface area contributed by atoms with E-state index in [9.17, 15) is 4.79 Å². The molecule has 1 aromatic carbocycles. The zero-order valence-electron chi connectivity index (χ0n) is 14.7. The second-order valence-electron chi connectivity index (χ2n) is 7.05. The van der Waals surface area contributed by atoms with Gasteiger partial charge in [-0.2, -0.15) is 0 Å². The number of piperidine rings is 1. The molecule has 24 heavy (non-hydrogen) atoms. The van der Waals surface area contributed by atoms with E-state index in [-0.39, 0.29) is 12.0 Å². The molecule has 0 bridgehead atoms. The van der Waals surface area contributed by atoms with Gasteiger partial charge in [-0.15, -0.1) is 0 Å². The van der Waals surface area contributed by atoms with Crippen LogP contribution in [0.2, 0.25) is 0 Å². The summed E-state index contributed by atoms with van der Waals surface area (Å²) in [5, 5.41) is 0. The molecular weight excluding hydrogens is 300 g/mol. The van der Waals surface area contributed by atoms with Crippen LogP contribution in [0, 0.1) is 0 Å². The van der Waals surface area contributed by atoms with Crippen molar-refractivity contribution in [3.05, 3.63) is 35.9 Å². The van der Waals surface area contributed by atoms with Gasteiger partial charge in [0.1, 0.15) is 0 Å². The Morgan fingerprint density at radius 2 is 1.88 bits per heavy atom. The zero-order valence-corrected chi connectivity index (χ0v) is 14.7. The molecule has 4 heteroatoms. The molecule has 1 unspecified atom stereocenters. The second kappa shape index (κ2) is 9.19. The van der Waals surface area contributed by atoms with Gasteiger partial charge in [0.15, 0.2) is 0 Å². The van der Waals surface area contributed by atoms with Gasteiger partial charge in [-0.05, 0) is 50.8 Å². The molecule has 0 radical (unpaired) electrons. The van der Waals surface area contributed by atoms with Crippen LogP contribution in [0.1, 0.15) is 37.7 Å². The smallest absolute Gasteiger partial charge is 0.236 e. The third kappa shape index (κ3) is 5.32. The topological polar surface area (TPSA) is 32.8 Å². The molecule has 2 heterocycles. The fraction of sp³-hybridized carbons (Fsp3) is 0.650. The van der Waals surface area contributed by atoms with Crippen molar-refractivity contribution < 1.29 is 9.53 Å². The maximum Gasteiger partial charge on any atom is 0.236 e. The average molecular weight is 330 g/mol. The summed E-state index contributed by atoms with van der Waals surface area (Å²) in [5.41, 5.74) is 1.38. The van der Waals surface area contributed by atoms with Crippen molar-refractivity contribution in [2.24, 2.45) is 0 Å². The van der Waals surface area contributed by atoms with E-state index >= 15 is 0 Å². The number of hydrogen-bond donors (Lipinski definition) is 0. The molecule has 3 rings (SSSR count). The van der Waals surface area contributed by atoms with E-state index < -0.39 is 0 Å². The molecule has 0 spiro atoms. The highest BCUT2D eigenvalue weighted by molar-refractivity contribution is 5.78. The lowest BCUT2D eigenvalue weighted by Gasteiger charge is -2.35. The Morgan fingerprint density at radius 1 is 1.08 bits per heavy atom. The standard InChI is InChI=1S/C20H30N2O2/c23-20(17-21-12-5-2-6-13-21)22-14-15-24-19(16-22)11-7-10-18-8-3-1-4-9-18/h1,3-4,8-9,19H,2,5-7,10-17H2. The van der Waals surface area contributed by atoms with Gasteiger partial charge in [0, 0.05) is 13.1 Å². The normalized spacial score (nSPS) is 22.5. The maximum atomic E-state index is 12.5. The third-order valence-electron chi connectivity index (χ3n) is 5.13. The van der Waals surface area contributed by atoms with Crippen molar-refractivity contribution in [3.8, 4) is 0 Å². The molecule has 0 saturated carbocycles. The summed E-state index contributed by atoms with van der Waals surface area (Å²) in [6, 6.07) is 10.6. The summed E-state index contributed by atoms with van der Waals surface area (Å²) in [6.45, 7) is 4.95. The van der Waals surface area contributed by atoms with Crippen LogP contribution in [0.5, 0.6) is 0 Å². The van der Waals surface area contributed by atoms with Crippen molar-refractivity contribution in [3.63, 3.8) is 0 Å². The first-order valence-electron chi connectivity index (χ1n) is 9.47. The Hall–Kier alpha value is -1.39. The number of hydrogen-bond acceptors (Lipinski definition) is 3. The van der Waals surface area contributed by atoms with Crippen molar-refractivity contribution >= 4 is 5.91 Å². The predicted molar refractivity (Wildman–Crippen MR) is 96.0 cm³/mol. The van der Waals surface area contributed by atoms with Crippen molar-refractivity contribution in [1.29, 1.82) is 0 Å². The van der Waals surface area contributed by atoms with Gasteiger partial charge < -0.3 is 9.64 Å². The van der Waals surface area contributed by atoms with Crippen LogP contribution in [0.4, 0.5) is 0 Å². The number of ether oxygens (including phenoxy) is 1. The molecule has 1 aromatic rings. The molecule has 132 valence electrons. The predicted octanol–water partition coefficient (Wildman–Crippen LogP) is 2.72. The highest BCUT2D eigenvalue weighted by atomic mass is 16.5. The number of carbonyl (C=O) groups excluding carboxylic acids is 1. The average Bonchev–Trinajstić information content (AvgIpc) is 2.64. The van der Waals surface area contributed by atoms with Gasteiger partial charge in [-0.3, -0.25) is 9.69 Å². The minimum atomic E-state index is 0.202. The Bertz CT molecular complexity index is 500. The SMILES string of the molecule is O=C(CN1CCCCC1)N1CCOC(CCCc2ccccc2)C1. The molecular formula is C20H30N2O2. The number of rotatable bonds is 6. The van der Waals surface area contributed by atoms with Crippen LogP contribution in [-0.2, 0) is 16.0 Å². The fourth-order valence-electron chi connectivity index (χ4n) is 3.71. The molecule has 0 aromatic heterocycles. The first-order valence-corrected chi connectivity index (χ1v) is 9.47. The largest absolute Gasteiger partial charge is 0.375 e. The summed E-state index contributed by atoms with van der Waals surface area (Å²) in [4.78, 5) is 16.9. The minimum absolute atomic E-state index is 0.202. The summed E-state index contributed by atoms with van der Waals surface area (Å²) in [5.74, 6) is 0.285. The fourth-order valence-corrected chi connectivity index (χ4v) is 3.71. The molecule has 2 fully saturated rings. The maximum absolute atomic E-state index is 12.5. The minimum Gasteiger partial charge on any atom is -0.375 e. The second-order valence-corrected chi connectivity index (χ2v) is 7.05. The van der Waals surface area contributed by atoms with Crippen LogP contribution >= 0.6 is 0 Å². The molecule has 4 nitrogen and oxygen atoms in total. The van der Waals surface area contributed by atoms with Gasteiger partial charge in [0.2, 0.25) is 5.91 Å². The van der Waals surface area contributed by atoms with Gasteiger partial charge in [0.25, 0.3) is 0 Å². The summed E-state index contributed by atoms with van der Waals surface area (Å²) in [6.07, 6.45) is 7.21. The van der Waals surface area contributed by atoms with E-state index in [2.05, 4.69) is 35.2 Å². The molecule has 0 N–H and O–H groups in total. The van der Waals surface area contributed by atoms with Crippen LogP contribution in [-0.4, -0.2) is 61.1 Å². The Balaban J connectivity index is 1.39. The van der Waals surface area contributed by atoms with Gasteiger partial charge >= 0.3 is 0 Å². The van der Waals surface area contributed by atoms with Crippen molar-refractivity contribution in [2.45, 2.75) is 44.6 Å². The Morgan fingerprint density at radius 3 is 2.67 bits per heavy atom. The van der Waals surface area contributed by atoms with E-state index in [0.717, 1.165) is 45.4 Å². The van der Waals surface area contributed by atoms with E-state index in [0.29, 0.717) is 13.2 Å². The lowest BCUT2D eigenvalue weighted by molar-refractivity contribution is -0.140. The number of likely N-dealkylation sites (tertiary alicyclic amines) is 1. The third-order valence-corrected chi connectivity index (χ3v) is 5.13. The molecule has 1 amide bonds. The van der Waals surface area contributed by atoms with Crippen LogP contribution in [0.15, 0.2) is 30.3 Å². The molecule has 1 atom stereocenters. The van der Waals surface area contributed by atoms with Gasteiger partial charge in [0.05, 0.1) is 19.3 Å². The molecule has 0 aliphatic carbocycles. The number of carbonyl (C=O) groups is 1. The molecule has 2 saturated heterocycles. The first-order chi connectivity index (χ1) is 11.8. The van der Waals surface area contributed by atoms with Crippen LogP contribution in [0.3, 0.4) is 0 Å². The van der Waals surface area contributed by atoms with Gasteiger partial charge in [-0.25, -0.2) is 0 Å². The van der Waals surface area contributed by atoms with E-state index in [1.54, 1.807) is 0 Å². The van der Waals surface area contributed by atoms with Gasteiger partial charge in [-0.1, -0.05) is 36.8 Å². The Labute approximate surface area is 145 Å². The number of morpholine rings is 1. The van der Waals surface area contributed by atoms with E-state index in [1.807, 2.05) is 4.90 Å². The number of nitrogens with zero attached hydrogens (tertiary/aromatic N) is 2. The van der Waals surface area contributed by atoms with Crippen molar-refractivity contribution in [1.82, 2.24) is 9.80 Å². The highest BCUT2D eigenvalue weighted by Gasteiger charge is 2.25. The molecule has 2 aliphatic heterocycles.